The zero-order chi connectivity index (χ0) is 17.5. The summed E-state index contributed by atoms with van der Waals surface area (Å²) in [6, 6.07) is 15.0. The largest absolute Gasteiger partial charge is 0.411 e. The predicted molar refractivity (Wildman–Crippen MR) is 93.0 cm³/mol. The third-order valence-electron chi connectivity index (χ3n) is 3.79. The molecule has 1 fully saturated rings. The predicted octanol–water partition coefficient (Wildman–Crippen LogP) is 2.51. The van der Waals surface area contributed by atoms with E-state index in [9.17, 15) is 4.79 Å². The van der Waals surface area contributed by atoms with Gasteiger partial charge in [0.1, 0.15) is 0 Å². The first-order chi connectivity index (χ1) is 12.2. The van der Waals surface area contributed by atoms with Crippen molar-refractivity contribution in [2.75, 3.05) is 13.1 Å². The van der Waals surface area contributed by atoms with Crippen LogP contribution in [0, 0.1) is 0 Å². The van der Waals surface area contributed by atoms with Crippen LogP contribution >= 0.6 is 0 Å². The fourth-order valence-electron chi connectivity index (χ4n) is 2.67. The first kappa shape index (κ1) is 16.8. The van der Waals surface area contributed by atoms with Gasteiger partial charge in [-0.05, 0) is 18.9 Å². The van der Waals surface area contributed by atoms with Gasteiger partial charge in [0, 0.05) is 24.7 Å². The summed E-state index contributed by atoms with van der Waals surface area (Å²) in [6.45, 7) is 2.11. The van der Waals surface area contributed by atoms with Crippen molar-refractivity contribution in [1.29, 1.82) is 0 Å². The molecule has 2 N–H and O–H groups in total. The summed E-state index contributed by atoms with van der Waals surface area (Å²) in [4.78, 5) is 22.7. The average molecular weight is 340 g/mol. The van der Waals surface area contributed by atoms with Gasteiger partial charge in [0.25, 0.3) is 0 Å². The van der Waals surface area contributed by atoms with E-state index in [0.717, 1.165) is 37.3 Å². The van der Waals surface area contributed by atoms with Gasteiger partial charge in [-0.15, -0.1) is 0 Å². The molecule has 0 aliphatic carbocycles. The maximum absolute atomic E-state index is 10.8. The molecule has 0 bridgehead atoms. The van der Waals surface area contributed by atoms with Crippen molar-refractivity contribution in [3.63, 3.8) is 0 Å². The van der Waals surface area contributed by atoms with Gasteiger partial charge in [-0.2, -0.15) is 0 Å². The Morgan fingerprint density at radius 1 is 1.12 bits per heavy atom. The van der Waals surface area contributed by atoms with E-state index in [1.165, 1.54) is 0 Å². The van der Waals surface area contributed by atoms with Crippen LogP contribution in [-0.2, 0) is 11.4 Å². The highest BCUT2D eigenvalue weighted by atomic mass is 16.6. The number of rotatable bonds is 5. The molecule has 7 nitrogen and oxygen atoms in total. The van der Waals surface area contributed by atoms with Crippen LogP contribution in [0.2, 0.25) is 0 Å². The molecular formula is C18H20N4O3. The zero-order valence-corrected chi connectivity index (χ0v) is 13.8. The van der Waals surface area contributed by atoms with Crippen molar-refractivity contribution in [2.24, 2.45) is 10.9 Å². The molecule has 25 heavy (non-hydrogen) atoms. The molecule has 0 spiro atoms. The lowest BCUT2D eigenvalue weighted by molar-refractivity contribution is 0.123. The van der Waals surface area contributed by atoms with Gasteiger partial charge in [-0.25, -0.2) is 9.78 Å². The number of ether oxygens (including phenoxy) is 1. The Hall–Kier alpha value is -3.09. The molecule has 7 heteroatoms. The van der Waals surface area contributed by atoms with Gasteiger partial charge in [0.05, 0.1) is 5.69 Å². The monoisotopic (exact) mass is 340 g/mol. The van der Waals surface area contributed by atoms with Crippen LogP contribution in [-0.4, -0.2) is 34.9 Å². The molecule has 1 aliphatic heterocycles. The first-order valence-electron chi connectivity index (χ1n) is 8.16. The molecule has 1 aromatic carbocycles. The number of nitrogens with two attached hydrogens (primary N) is 1. The van der Waals surface area contributed by atoms with Gasteiger partial charge in [-0.1, -0.05) is 41.6 Å². The Kier molecular flexibility index (Phi) is 5.46. The van der Waals surface area contributed by atoms with Crippen LogP contribution in [0.3, 0.4) is 0 Å². The normalized spacial score (nSPS) is 14.4. The van der Waals surface area contributed by atoms with E-state index in [1.807, 2.05) is 30.3 Å². The zero-order valence-electron chi connectivity index (χ0n) is 13.8. The van der Waals surface area contributed by atoms with E-state index in [0.29, 0.717) is 5.69 Å². The van der Waals surface area contributed by atoms with Crippen LogP contribution in [0.25, 0.3) is 0 Å². The number of nitrogens with zero attached hydrogens (tertiary/aromatic N) is 3. The summed E-state index contributed by atoms with van der Waals surface area (Å²) in [5.74, 6) is 0.961. The van der Waals surface area contributed by atoms with Crippen LogP contribution < -0.4 is 10.5 Å². The number of oxime groups is 1. The van der Waals surface area contributed by atoms with Gasteiger partial charge >= 0.3 is 6.09 Å². The molecule has 3 rings (SSSR count). The maximum atomic E-state index is 10.8. The maximum Gasteiger partial charge on any atom is 0.411 e. The molecule has 2 aromatic rings. The van der Waals surface area contributed by atoms with E-state index in [1.54, 1.807) is 18.2 Å². The average Bonchev–Trinajstić information content (AvgIpc) is 3.13. The van der Waals surface area contributed by atoms with Crippen molar-refractivity contribution in [2.45, 2.75) is 19.4 Å². The number of carbonyl (C=O) groups excluding carboxylic acids is 1. The second-order valence-electron chi connectivity index (χ2n) is 5.64. The van der Waals surface area contributed by atoms with Gasteiger partial charge in [0.2, 0.25) is 5.88 Å². The van der Waals surface area contributed by atoms with Crippen molar-refractivity contribution in [1.82, 2.24) is 9.88 Å². The summed E-state index contributed by atoms with van der Waals surface area (Å²) in [6.07, 6.45) is 1.41. The number of carbonyl (C=O) groups is 1. The van der Waals surface area contributed by atoms with Gasteiger partial charge in [0.15, 0.2) is 12.4 Å². The molecular weight excluding hydrogens is 320 g/mol. The van der Waals surface area contributed by atoms with Crippen molar-refractivity contribution in [3.8, 4) is 5.88 Å². The number of hydrogen-bond acceptors (Lipinski definition) is 5. The van der Waals surface area contributed by atoms with E-state index < -0.39 is 6.09 Å². The second kappa shape index (κ2) is 8.14. The third kappa shape index (κ3) is 4.69. The number of pyridine rings is 1. The quantitative estimate of drug-likeness (QED) is 0.513. The van der Waals surface area contributed by atoms with Crippen LogP contribution in [0.15, 0.2) is 53.7 Å². The lowest BCUT2D eigenvalue weighted by atomic mass is 10.2. The molecule has 1 aromatic heterocycles. The highest BCUT2D eigenvalue weighted by Crippen LogP contribution is 2.15. The number of amides is 1. The van der Waals surface area contributed by atoms with Crippen molar-refractivity contribution in [3.05, 3.63) is 59.8 Å². The summed E-state index contributed by atoms with van der Waals surface area (Å²) in [7, 11) is 0. The minimum Gasteiger partial charge on any atom is -0.391 e. The Bertz CT molecular complexity index is 743. The van der Waals surface area contributed by atoms with E-state index >= 15 is 0 Å². The van der Waals surface area contributed by atoms with Gasteiger partial charge in [-0.3, -0.25) is 0 Å². The summed E-state index contributed by atoms with van der Waals surface area (Å²) >= 11 is 0. The molecule has 1 amide bonds. The second-order valence-corrected chi connectivity index (χ2v) is 5.64. The molecule has 1 saturated heterocycles. The van der Waals surface area contributed by atoms with Crippen LogP contribution in [0.5, 0.6) is 5.88 Å². The number of amidine groups is 1. The molecule has 0 saturated carbocycles. The van der Waals surface area contributed by atoms with Crippen LogP contribution in [0.4, 0.5) is 4.79 Å². The van der Waals surface area contributed by atoms with E-state index in [4.69, 9.17) is 15.3 Å². The van der Waals surface area contributed by atoms with Crippen molar-refractivity contribution < 1.29 is 14.4 Å². The standard InChI is InChI=1S/C18H20N4O3/c19-18(23)25-16-10-6-9-15(20-16)13-24-21-17(22-11-4-5-12-22)14-7-2-1-3-8-14/h1-3,6-10H,4-5,11-13H2,(H2,19,23). The summed E-state index contributed by atoms with van der Waals surface area (Å²) < 4.78 is 4.76. The third-order valence-corrected chi connectivity index (χ3v) is 3.79. The van der Waals surface area contributed by atoms with E-state index in [2.05, 4.69) is 15.0 Å². The lowest BCUT2D eigenvalue weighted by Gasteiger charge is -2.19. The topological polar surface area (TPSA) is 90.0 Å². The van der Waals surface area contributed by atoms with Gasteiger partial charge < -0.3 is 20.2 Å². The number of aromatic nitrogens is 1. The SMILES string of the molecule is NC(=O)Oc1cccc(CON=C(c2ccccc2)N2CCCC2)n1. The minimum absolute atomic E-state index is 0.139. The van der Waals surface area contributed by atoms with Crippen molar-refractivity contribution >= 4 is 11.9 Å². The van der Waals surface area contributed by atoms with E-state index in [-0.39, 0.29) is 12.5 Å². The molecule has 0 radical (unpaired) electrons. The fourth-order valence-corrected chi connectivity index (χ4v) is 2.67. The Labute approximate surface area is 146 Å². The highest BCUT2D eigenvalue weighted by molar-refractivity contribution is 5.98. The molecule has 0 atom stereocenters. The Balaban J connectivity index is 1.70. The fraction of sp³-hybridized carbons (Fsp3) is 0.278. The number of primary amides is 1. The Morgan fingerprint density at radius 2 is 1.88 bits per heavy atom. The molecule has 2 heterocycles. The summed E-state index contributed by atoms with van der Waals surface area (Å²) in [5, 5.41) is 4.33. The van der Waals surface area contributed by atoms with Crippen LogP contribution in [0.1, 0.15) is 24.1 Å². The number of benzene rings is 1. The first-order valence-corrected chi connectivity index (χ1v) is 8.16. The Morgan fingerprint density at radius 3 is 2.60 bits per heavy atom. The molecule has 130 valence electrons. The highest BCUT2D eigenvalue weighted by Gasteiger charge is 2.18. The number of likely N-dealkylation sites (tertiary alicyclic amines) is 1. The number of hydrogen-bond donors (Lipinski definition) is 1. The lowest BCUT2D eigenvalue weighted by Crippen LogP contribution is -2.28. The summed E-state index contributed by atoms with van der Waals surface area (Å²) in [5.41, 5.74) is 6.60. The smallest absolute Gasteiger partial charge is 0.391 e. The molecule has 0 unspecified atom stereocenters. The minimum atomic E-state index is -0.899. The molecule has 1 aliphatic rings.